The summed E-state index contributed by atoms with van der Waals surface area (Å²) in [4.78, 5) is 12.2. The molecule has 0 radical (unpaired) electrons. The van der Waals surface area contributed by atoms with Crippen LogP contribution in [0.5, 0.6) is 0 Å². The molecule has 0 saturated heterocycles. The SMILES string of the molecule is CCNC1CCCC1CCn1ccn(C2CC2)c1=O. The van der Waals surface area contributed by atoms with Crippen LogP contribution in [0.1, 0.15) is 51.5 Å². The van der Waals surface area contributed by atoms with Gasteiger partial charge in [0.1, 0.15) is 0 Å². The third-order valence-corrected chi connectivity index (χ3v) is 4.68. The van der Waals surface area contributed by atoms with Gasteiger partial charge < -0.3 is 5.32 Å². The van der Waals surface area contributed by atoms with E-state index in [0.29, 0.717) is 12.1 Å². The molecule has 106 valence electrons. The Balaban J connectivity index is 1.58. The smallest absolute Gasteiger partial charge is 0.314 e. The van der Waals surface area contributed by atoms with Gasteiger partial charge in [0.15, 0.2) is 0 Å². The first-order valence-electron chi connectivity index (χ1n) is 7.80. The monoisotopic (exact) mass is 263 g/mol. The van der Waals surface area contributed by atoms with Crippen LogP contribution in [0.4, 0.5) is 0 Å². The van der Waals surface area contributed by atoms with Crippen LogP contribution in [-0.4, -0.2) is 21.7 Å². The van der Waals surface area contributed by atoms with Gasteiger partial charge in [-0.3, -0.25) is 9.13 Å². The van der Waals surface area contributed by atoms with E-state index in [9.17, 15) is 4.79 Å². The lowest BCUT2D eigenvalue weighted by Gasteiger charge is -2.20. The number of nitrogens with zero attached hydrogens (tertiary/aromatic N) is 2. The first-order chi connectivity index (χ1) is 9.29. The van der Waals surface area contributed by atoms with E-state index in [1.165, 1.54) is 32.1 Å². The lowest BCUT2D eigenvalue weighted by Crippen LogP contribution is -2.33. The van der Waals surface area contributed by atoms with Crippen LogP contribution in [0.3, 0.4) is 0 Å². The van der Waals surface area contributed by atoms with Crippen LogP contribution in [0.2, 0.25) is 0 Å². The average molecular weight is 263 g/mol. The van der Waals surface area contributed by atoms with Gasteiger partial charge in [0.2, 0.25) is 0 Å². The van der Waals surface area contributed by atoms with Crippen LogP contribution < -0.4 is 11.0 Å². The topological polar surface area (TPSA) is 39.0 Å². The van der Waals surface area contributed by atoms with E-state index >= 15 is 0 Å². The van der Waals surface area contributed by atoms with Crippen LogP contribution >= 0.6 is 0 Å². The van der Waals surface area contributed by atoms with Crippen molar-refractivity contribution in [1.29, 1.82) is 0 Å². The summed E-state index contributed by atoms with van der Waals surface area (Å²) in [5.74, 6) is 0.746. The van der Waals surface area contributed by atoms with Crippen molar-refractivity contribution >= 4 is 0 Å². The molecular formula is C15H25N3O. The molecule has 2 saturated carbocycles. The van der Waals surface area contributed by atoms with Crippen molar-refractivity contribution < 1.29 is 0 Å². The highest BCUT2D eigenvalue weighted by molar-refractivity contribution is 4.92. The third-order valence-electron chi connectivity index (χ3n) is 4.68. The fraction of sp³-hybridized carbons (Fsp3) is 0.800. The molecule has 2 fully saturated rings. The maximum Gasteiger partial charge on any atom is 0.328 e. The summed E-state index contributed by atoms with van der Waals surface area (Å²) in [5.41, 5.74) is 0.195. The Morgan fingerprint density at radius 2 is 2.11 bits per heavy atom. The minimum absolute atomic E-state index is 0.195. The number of rotatable bonds is 6. The van der Waals surface area contributed by atoms with Crippen molar-refractivity contribution in [2.75, 3.05) is 6.54 Å². The fourth-order valence-electron chi connectivity index (χ4n) is 3.45. The summed E-state index contributed by atoms with van der Waals surface area (Å²) in [7, 11) is 0. The van der Waals surface area contributed by atoms with Crippen molar-refractivity contribution in [2.45, 2.75) is 64.1 Å². The van der Waals surface area contributed by atoms with Gasteiger partial charge in [0, 0.05) is 31.0 Å². The van der Waals surface area contributed by atoms with E-state index < -0.39 is 0 Å². The summed E-state index contributed by atoms with van der Waals surface area (Å²) in [5, 5.41) is 3.59. The van der Waals surface area contributed by atoms with Gasteiger partial charge in [-0.1, -0.05) is 13.3 Å². The molecule has 0 aromatic carbocycles. The van der Waals surface area contributed by atoms with Gasteiger partial charge in [0.05, 0.1) is 0 Å². The second-order valence-corrected chi connectivity index (χ2v) is 6.06. The molecule has 2 atom stereocenters. The van der Waals surface area contributed by atoms with Crippen LogP contribution in [0.25, 0.3) is 0 Å². The van der Waals surface area contributed by atoms with E-state index in [4.69, 9.17) is 0 Å². The molecule has 2 aliphatic carbocycles. The molecular weight excluding hydrogens is 238 g/mol. The van der Waals surface area contributed by atoms with Gasteiger partial charge in [-0.05, 0) is 44.6 Å². The normalized spacial score (nSPS) is 27.0. The van der Waals surface area contributed by atoms with Gasteiger partial charge in [-0.2, -0.15) is 0 Å². The minimum atomic E-state index is 0.195. The predicted molar refractivity (Wildman–Crippen MR) is 76.4 cm³/mol. The molecule has 0 amide bonds. The molecule has 1 N–H and O–H groups in total. The molecule has 0 spiro atoms. The average Bonchev–Trinajstić information content (AvgIpc) is 3.05. The largest absolute Gasteiger partial charge is 0.328 e. The summed E-state index contributed by atoms with van der Waals surface area (Å²) >= 11 is 0. The van der Waals surface area contributed by atoms with Crippen LogP contribution in [-0.2, 0) is 6.54 Å². The van der Waals surface area contributed by atoms with Crippen LogP contribution in [0.15, 0.2) is 17.2 Å². The standard InChI is InChI=1S/C15H25N3O/c1-2-16-14-5-3-4-12(14)8-9-17-10-11-18(15(17)19)13-6-7-13/h10-14,16H,2-9H2,1H3. The Hall–Kier alpha value is -1.03. The first kappa shape index (κ1) is 13.0. The highest BCUT2D eigenvalue weighted by atomic mass is 16.1. The molecule has 19 heavy (non-hydrogen) atoms. The molecule has 1 aromatic heterocycles. The van der Waals surface area contributed by atoms with Crippen LogP contribution in [0, 0.1) is 5.92 Å². The first-order valence-corrected chi connectivity index (χ1v) is 7.80. The number of imidazole rings is 1. The highest BCUT2D eigenvalue weighted by Gasteiger charge is 2.27. The zero-order chi connectivity index (χ0) is 13.2. The lowest BCUT2D eigenvalue weighted by molar-refractivity contribution is 0.363. The Bertz CT molecular complexity index is 472. The van der Waals surface area contributed by atoms with Gasteiger partial charge in [0.25, 0.3) is 0 Å². The van der Waals surface area contributed by atoms with Gasteiger partial charge in [-0.15, -0.1) is 0 Å². The quantitative estimate of drug-likeness (QED) is 0.854. The molecule has 1 aromatic rings. The lowest BCUT2D eigenvalue weighted by atomic mass is 9.99. The maximum atomic E-state index is 12.2. The van der Waals surface area contributed by atoms with Gasteiger partial charge >= 0.3 is 5.69 Å². The highest BCUT2D eigenvalue weighted by Crippen LogP contribution is 2.33. The Morgan fingerprint density at radius 3 is 2.84 bits per heavy atom. The number of hydrogen-bond acceptors (Lipinski definition) is 2. The molecule has 0 aliphatic heterocycles. The summed E-state index contributed by atoms with van der Waals surface area (Å²) in [6.07, 6.45) is 11.4. The number of aromatic nitrogens is 2. The summed E-state index contributed by atoms with van der Waals surface area (Å²) in [6.45, 7) is 4.11. The Kier molecular flexibility index (Phi) is 3.78. The molecule has 4 nitrogen and oxygen atoms in total. The molecule has 4 heteroatoms. The van der Waals surface area contributed by atoms with E-state index in [-0.39, 0.29) is 5.69 Å². The molecule has 0 bridgehead atoms. The third kappa shape index (κ3) is 2.78. The Morgan fingerprint density at radius 1 is 1.26 bits per heavy atom. The number of nitrogens with one attached hydrogen (secondary N) is 1. The van der Waals surface area contributed by atoms with E-state index in [2.05, 4.69) is 12.2 Å². The second-order valence-electron chi connectivity index (χ2n) is 6.06. The van der Waals surface area contributed by atoms with E-state index in [1.54, 1.807) is 0 Å². The van der Waals surface area contributed by atoms with E-state index in [1.807, 2.05) is 21.5 Å². The maximum absolute atomic E-state index is 12.2. The fourth-order valence-corrected chi connectivity index (χ4v) is 3.45. The van der Waals surface area contributed by atoms with Gasteiger partial charge in [-0.25, -0.2) is 4.79 Å². The predicted octanol–water partition coefficient (Wildman–Crippen LogP) is 2.15. The zero-order valence-corrected chi connectivity index (χ0v) is 11.8. The molecule has 1 heterocycles. The van der Waals surface area contributed by atoms with Crippen molar-refractivity contribution in [2.24, 2.45) is 5.92 Å². The van der Waals surface area contributed by atoms with Crippen molar-refractivity contribution in [3.05, 3.63) is 22.9 Å². The van der Waals surface area contributed by atoms with E-state index in [0.717, 1.165) is 25.4 Å². The molecule has 3 rings (SSSR count). The number of hydrogen-bond donors (Lipinski definition) is 1. The van der Waals surface area contributed by atoms with Crippen molar-refractivity contribution in [3.8, 4) is 0 Å². The van der Waals surface area contributed by atoms with Crippen molar-refractivity contribution in [1.82, 2.24) is 14.5 Å². The zero-order valence-electron chi connectivity index (χ0n) is 11.8. The second kappa shape index (κ2) is 5.53. The minimum Gasteiger partial charge on any atom is -0.314 e. The van der Waals surface area contributed by atoms with Crippen molar-refractivity contribution in [3.63, 3.8) is 0 Å². The molecule has 2 aliphatic rings. The number of aryl methyl sites for hydroxylation is 1. The summed E-state index contributed by atoms with van der Waals surface area (Å²) in [6, 6.07) is 1.17. The Labute approximate surface area is 114 Å². The summed E-state index contributed by atoms with van der Waals surface area (Å²) < 4.78 is 3.82. The molecule has 2 unspecified atom stereocenters.